The van der Waals surface area contributed by atoms with Gasteiger partial charge in [-0.15, -0.1) is 0 Å². The highest BCUT2D eigenvalue weighted by Crippen LogP contribution is 2.30. The van der Waals surface area contributed by atoms with Crippen molar-refractivity contribution in [1.82, 2.24) is 5.48 Å². The summed E-state index contributed by atoms with van der Waals surface area (Å²) < 4.78 is 11.1. The van der Waals surface area contributed by atoms with E-state index in [-0.39, 0.29) is 0 Å². The average Bonchev–Trinajstić information content (AvgIpc) is 3.04. The highest BCUT2D eigenvalue weighted by Gasteiger charge is 2.19. The molecule has 7 nitrogen and oxygen atoms in total. The van der Waals surface area contributed by atoms with Crippen LogP contribution in [0.5, 0.6) is 0 Å². The van der Waals surface area contributed by atoms with Crippen molar-refractivity contribution in [2.24, 2.45) is 0 Å². The Bertz CT molecular complexity index is 959. The number of fused-ring (bicyclic) bond motifs is 3. The molecule has 1 aromatic heterocycles. The Morgan fingerprint density at radius 1 is 1.00 bits per heavy atom. The minimum Gasteiger partial charge on any atom is -0.456 e. The number of nitrogens with one attached hydrogen (secondary N) is 2. The van der Waals surface area contributed by atoms with E-state index >= 15 is 0 Å². The molecule has 2 amide bonds. The number of ether oxygens (including phenoxy) is 1. The highest BCUT2D eigenvalue weighted by molar-refractivity contribution is 6.39. The molecular weight excluding hydrogens is 336 g/mol. The van der Waals surface area contributed by atoms with Crippen LogP contribution in [0.2, 0.25) is 0 Å². The van der Waals surface area contributed by atoms with Gasteiger partial charge in [0, 0.05) is 35.6 Å². The molecule has 0 radical (unpaired) electrons. The van der Waals surface area contributed by atoms with Gasteiger partial charge in [-0.3, -0.25) is 9.59 Å². The quantitative estimate of drug-likeness (QED) is 0.557. The van der Waals surface area contributed by atoms with E-state index in [1.165, 1.54) is 0 Å². The van der Waals surface area contributed by atoms with E-state index < -0.39 is 18.1 Å². The summed E-state index contributed by atoms with van der Waals surface area (Å²) in [7, 11) is 0. The molecule has 7 heteroatoms. The van der Waals surface area contributed by atoms with Gasteiger partial charge < -0.3 is 14.5 Å². The van der Waals surface area contributed by atoms with E-state index in [1.54, 1.807) is 12.1 Å². The Morgan fingerprint density at radius 2 is 1.85 bits per heavy atom. The van der Waals surface area contributed by atoms with Crippen molar-refractivity contribution in [3.05, 3.63) is 42.5 Å². The molecule has 4 rings (SSSR count). The van der Waals surface area contributed by atoms with Crippen LogP contribution in [-0.2, 0) is 19.2 Å². The maximum atomic E-state index is 12.0. The maximum Gasteiger partial charge on any atom is 0.333 e. The number of para-hydroxylation sites is 1. The van der Waals surface area contributed by atoms with E-state index in [2.05, 4.69) is 10.8 Å². The van der Waals surface area contributed by atoms with Crippen LogP contribution in [0.3, 0.4) is 0 Å². The first kappa shape index (κ1) is 16.6. The maximum absolute atomic E-state index is 12.0. The number of rotatable bonds is 3. The van der Waals surface area contributed by atoms with Crippen LogP contribution in [0.15, 0.2) is 46.9 Å². The van der Waals surface area contributed by atoms with Crippen LogP contribution in [0.4, 0.5) is 5.69 Å². The molecular formula is C19H18N2O5. The number of furan rings is 1. The van der Waals surface area contributed by atoms with E-state index in [0.717, 1.165) is 29.2 Å². The molecule has 0 aliphatic carbocycles. The lowest BCUT2D eigenvalue weighted by molar-refractivity contribution is -0.200. The molecule has 1 fully saturated rings. The lowest BCUT2D eigenvalue weighted by Gasteiger charge is -2.21. The van der Waals surface area contributed by atoms with Gasteiger partial charge in [0.25, 0.3) is 0 Å². The van der Waals surface area contributed by atoms with E-state index in [4.69, 9.17) is 14.0 Å². The van der Waals surface area contributed by atoms with Gasteiger partial charge in [-0.1, -0.05) is 18.2 Å². The van der Waals surface area contributed by atoms with Gasteiger partial charge in [-0.2, -0.15) is 0 Å². The number of hydroxylamine groups is 1. The first-order chi connectivity index (χ1) is 12.7. The Balaban J connectivity index is 1.41. The SMILES string of the molecule is O=C(NOC1CCCCO1)C(=O)Nc1ccc2c(c1)oc1ccccc12. The fourth-order valence-corrected chi connectivity index (χ4v) is 2.96. The third kappa shape index (κ3) is 3.40. The molecule has 0 spiro atoms. The van der Waals surface area contributed by atoms with Crippen molar-refractivity contribution in [2.45, 2.75) is 25.6 Å². The minimum atomic E-state index is -0.885. The zero-order chi connectivity index (χ0) is 17.9. The lowest BCUT2D eigenvalue weighted by Crippen LogP contribution is -2.39. The molecule has 1 unspecified atom stereocenters. The Hall–Kier alpha value is -2.90. The van der Waals surface area contributed by atoms with Gasteiger partial charge in [-0.25, -0.2) is 10.3 Å². The monoisotopic (exact) mass is 354 g/mol. The second kappa shape index (κ2) is 7.15. The van der Waals surface area contributed by atoms with Crippen molar-refractivity contribution < 1.29 is 23.6 Å². The Labute approximate surface area is 149 Å². The summed E-state index contributed by atoms with van der Waals surface area (Å²) in [6.45, 7) is 0.588. The summed E-state index contributed by atoms with van der Waals surface area (Å²) in [5.74, 6) is -1.71. The highest BCUT2D eigenvalue weighted by atomic mass is 16.8. The van der Waals surface area contributed by atoms with E-state index in [9.17, 15) is 9.59 Å². The van der Waals surface area contributed by atoms with Crippen molar-refractivity contribution in [1.29, 1.82) is 0 Å². The third-order valence-electron chi connectivity index (χ3n) is 4.26. The van der Waals surface area contributed by atoms with E-state index in [0.29, 0.717) is 24.3 Å². The minimum absolute atomic E-state index is 0.464. The van der Waals surface area contributed by atoms with Crippen molar-refractivity contribution >= 4 is 39.4 Å². The molecule has 1 atom stereocenters. The van der Waals surface area contributed by atoms with Gasteiger partial charge in [0.1, 0.15) is 11.2 Å². The van der Waals surface area contributed by atoms with Crippen LogP contribution >= 0.6 is 0 Å². The summed E-state index contributed by atoms with van der Waals surface area (Å²) in [6.07, 6.45) is 2.11. The summed E-state index contributed by atoms with van der Waals surface area (Å²) in [5.41, 5.74) is 4.00. The van der Waals surface area contributed by atoms with Crippen molar-refractivity contribution in [3.8, 4) is 0 Å². The Morgan fingerprint density at radius 3 is 2.69 bits per heavy atom. The first-order valence-corrected chi connectivity index (χ1v) is 8.50. The molecule has 1 aliphatic rings. The van der Waals surface area contributed by atoms with Gasteiger partial charge in [-0.05, 0) is 31.0 Å². The molecule has 134 valence electrons. The van der Waals surface area contributed by atoms with Crippen LogP contribution < -0.4 is 10.8 Å². The standard InChI is InChI=1S/C19H18N2O5/c22-18(19(23)21-26-17-7-3-4-10-24-17)20-12-8-9-14-13-5-1-2-6-15(13)25-16(14)11-12/h1-2,5-6,8-9,11,17H,3-4,7,10H2,(H,20,22)(H,21,23). The number of amides is 2. The van der Waals surface area contributed by atoms with Gasteiger partial charge in [0.05, 0.1) is 0 Å². The second-order valence-corrected chi connectivity index (χ2v) is 6.11. The molecule has 26 heavy (non-hydrogen) atoms. The molecule has 1 saturated heterocycles. The number of hydrogen-bond donors (Lipinski definition) is 2. The number of carbonyl (C=O) groups is 2. The van der Waals surface area contributed by atoms with Crippen LogP contribution in [0.1, 0.15) is 19.3 Å². The predicted octanol–water partition coefficient (Wildman–Crippen LogP) is 3.10. The number of benzene rings is 2. The van der Waals surface area contributed by atoms with Crippen LogP contribution in [0, 0.1) is 0 Å². The number of hydrogen-bond acceptors (Lipinski definition) is 5. The third-order valence-corrected chi connectivity index (χ3v) is 4.26. The van der Waals surface area contributed by atoms with Gasteiger partial charge in [0.15, 0.2) is 6.29 Å². The summed E-state index contributed by atoms with van der Waals surface area (Å²) >= 11 is 0. The molecule has 1 aliphatic heterocycles. The fraction of sp³-hybridized carbons (Fsp3) is 0.263. The molecule has 0 saturated carbocycles. The van der Waals surface area contributed by atoms with Crippen LogP contribution in [-0.4, -0.2) is 24.7 Å². The zero-order valence-electron chi connectivity index (χ0n) is 14.0. The first-order valence-electron chi connectivity index (χ1n) is 8.50. The number of anilines is 1. The smallest absolute Gasteiger partial charge is 0.333 e. The largest absolute Gasteiger partial charge is 0.456 e. The molecule has 2 N–H and O–H groups in total. The molecule has 2 heterocycles. The summed E-state index contributed by atoms with van der Waals surface area (Å²) in [6, 6.07) is 12.9. The average molecular weight is 354 g/mol. The molecule has 2 aromatic carbocycles. The molecule has 0 bridgehead atoms. The van der Waals surface area contributed by atoms with E-state index in [1.807, 2.05) is 30.3 Å². The van der Waals surface area contributed by atoms with Gasteiger partial charge in [0.2, 0.25) is 0 Å². The lowest BCUT2D eigenvalue weighted by atomic mass is 10.1. The summed E-state index contributed by atoms with van der Waals surface area (Å²) in [5, 5.41) is 4.48. The normalized spacial score (nSPS) is 17.3. The summed E-state index contributed by atoms with van der Waals surface area (Å²) in [4.78, 5) is 29.0. The Kier molecular flexibility index (Phi) is 4.55. The number of carbonyl (C=O) groups excluding carboxylic acids is 2. The molecule has 3 aromatic rings. The second-order valence-electron chi connectivity index (χ2n) is 6.11. The van der Waals surface area contributed by atoms with Gasteiger partial charge >= 0.3 is 11.8 Å². The predicted molar refractivity (Wildman–Crippen MR) is 95.2 cm³/mol. The zero-order valence-corrected chi connectivity index (χ0v) is 14.0. The fourth-order valence-electron chi connectivity index (χ4n) is 2.96. The topological polar surface area (TPSA) is 89.8 Å². The van der Waals surface area contributed by atoms with Crippen molar-refractivity contribution in [2.75, 3.05) is 11.9 Å². The van der Waals surface area contributed by atoms with Crippen molar-refractivity contribution in [3.63, 3.8) is 0 Å². The van der Waals surface area contributed by atoms with Crippen LogP contribution in [0.25, 0.3) is 21.9 Å².